The number of hydrogen-bond acceptors (Lipinski definition) is 3. The number of aliphatic carboxylic acids is 1. The van der Waals surface area contributed by atoms with Gasteiger partial charge < -0.3 is 10.0 Å². The highest BCUT2D eigenvalue weighted by Gasteiger charge is 2.42. The Hall–Kier alpha value is -1.39. The number of hydrogen-bond donors (Lipinski definition) is 1. The number of nitrogens with zero attached hydrogens (tertiary/aromatic N) is 2. The van der Waals surface area contributed by atoms with Gasteiger partial charge in [0.05, 0.1) is 5.92 Å². The van der Waals surface area contributed by atoms with Crippen LogP contribution in [0.4, 0.5) is 0 Å². The molecule has 1 aromatic rings. The van der Waals surface area contributed by atoms with E-state index in [4.69, 9.17) is 0 Å². The molecular weight excluding hydrogens is 312 g/mol. The Morgan fingerprint density at radius 1 is 1.16 bits per heavy atom. The quantitative estimate of drug-likeness (QED) is 0.917. The first-order chi connectivity index (χ1) is 12.1. The molecule has 4 rings (SSSR count). The Balaban J connectivity index is 1.49. The summed E-state index contributed by atoms with van der Waals surface area (Å²) >= 11 is 0. The lowest BCUT2D eigenvalue weighted by Gasteiger charge is -2.37. The van der Waals surface area contributed by atoms with Gasteiger partial charge in [0.2, 0.25) is 0 Å². The topological polar surface area (TPSA) is 43.8 Å². The van der Waals surface area contributed by atoms with Crippen molar-refractivity contribution >= 4 is 5.97 Å². The lowest BCUT2D eigenvalue weighted by molar-refractivity contribution is -0.143. The zero-order valence-electron chi connectivity index (χ0n) is 15.3. The van der Waals surface area contributed by atoms with Crippen LogP contribution in [-0.2, 0) is 23.2 Å². The Morgan fingerprint density at radius 3 is 2.56 bits per heavy atom. The van der Waals surface area contributed by atoms with Crippen molar-refractivity contribution in [1.82, 2.24) is 9.80 Å². The molecule has 2 aliphatic carbocycles. The third kappa shape index (κ3) is 3.34. The number of carbonyl (C=O) groups is 1. The van der Waals surface area contributed by atoms with Gasteiger partial charge in [-0.15, -0.1) is 0 Å². The monoisotopic (exact) mass is 342 g/mol. The van der Waals surface area contributed by atoms with Crippen molar-refractivity contribution in [2.24, 2.45) is 5.92 Å². The molecule has 1 spiro atoms. The van der Waals surface area contributed by atoms with Gasteiger partial charge in [0.25, 0.3) is 0 Å². The number of fused-ring (bicyclic) bond motifs is 2. The van der Waals surface area contributed by atoms with Gasteiger partial charge in [-0.2, -0.15) is 0 Å². The maximum Gasteiger partial charge on any atom is 0.306 e. The molecule has 0 atom stereocenters. The number of benzene rings is 1. The van der Waals surface area contributed by atoms with Crippen LogP contribution in [-0.4, -0.2) is 54.1 Å². The van der Waals surface area contributed by atoms with Gasteiger partial charge in [0.1, 0.15) is 0 Å². The molecule has 1 aliphatic heterocycles. The fourth-order valence-corrected chi connectivity index (χ4v) is 5.14. The van der Waals surface area contributed by atoms with Gasteiger partial charge in [-0.1, -0.05) is 18.2 Å². The number of piperazine rings is 1. The minimum Gasteiger partial charge on any atom is -0.481 e. The van der Waals surface area contributed by atoms with Crippen LogP contribution in [0.25, 0.3) is 0 Å². The molecule has 2 fully saturated rings. The summed E-state index contributed by atoms with van der Waals surface area (Å²) in [7, 11) is 2.20. The molecular formula is C21H30N2O2. The Kier molecular flexibility index (Phi) is 4.59. The van der Waals surface area contributed by atoms with E-state index in [1.807, 2.05) is 0 Å². The first-order valence-electron chi connectivity index (χ1n) is 9.82. The van der Waals surface area contributed by atoms with Gasteiger partial charge in [-0.25, -0.2) is 0 Å². The summed E-state index contributed by atoms with van der Waals surface area (Å²) in [6.45, 7) is 5.67. The Morgan fingerprint density at radius 2 is 1.88 bits per heavy atom. The number of carboxylic acids is 1. The van der Waals surface area contributed by atoms with Crippen LogP contribution in [0.5, 0.6) is 0 Å². The maximum atomic E-state index is 11.3. The molecule has 0 amide bonds. The summed E-state index contributed by atoms with van der Waals surface area (Å²) < 4.78 is 0. The summed E-state index contributed by atoms with van der Waals surface area (Å²) in [5.41, 5.74) is 4.75. The first kappa shape index (κ1) is 17.0. The number of aryl methyl sites for hydroxylation is 1. The van der Waals surface area contributed by atoms with Crippen LogP contribution >= 0.6 is 0 Å². The zero-order chi connectivity index (χ0) is 17.4. The zero-order valence-corrected chi connectivity index (χ0v) is 15.3. The van der Waals surface area contributed by atoms with Crippen molar-refractivity contribution < 1.29 is 9.90 Å². The largest absolute Gasteiger partial charge is 0.481 e. The lowest BCUT2D eigenvalue weighted by atomic mass is 9.67. The van der Waals surface area contributed by atoms with Crippen molar-refractivity contribution in [2.75, 3.05) is 33.2 Å². The summed E-state index contributed by atoms with van der Waals surface area (Å²) in [5.74, 6) is -0.722. The molecule has 1 heterocycles. The highest BCUT2D eigenvalue weighted by Crippen LogP contribution is 2.50. The molecule has 1 N–H and O–H groups in total. The van der Waals surface area contributed by atoms with Gasteiger partial charge in [-0.3, -0.25) is 9.69 Å². The molecule has 0 radical (unpaired) electrons. The molecule has 0 bridgehead atoms. The van der Waals surface area contributed by atoms with Crippen molar-refractivity contribution in [3.63, 3.8) is 0 Å². The predicted molar refractivity (Wildman–Crippen MR) is 98.8 cm³/mol. The van der Waals surface area contributed by atoms with E-state index in [1.54, 1.807) is 5.56 Å². The molecule has 4 nitrogen and oxygen atoms in total. The molecule has 1 saturated carbocycles. The summed E-state index contributed by atoms with van der Waals surface area (Å²) in [6, 6.07) is 7.12. The van der Waals surface area contributed by atoms with E-state index < -0.39 is 5.97 Å². The third-order valence-corrected chi connectivity index (χ3v) is 6.91. The van der Waals surface area contributed by atoms with E-state index in [-0.39, 0.29) is 11.3 Å². The molecule has 3 aliphatic rings. The number of rotatable bonds is 3. The number of carboxylic acid groups (broad SMARTS) is 1. The van der Waals surface area contributed by atoms with Crippen LogP contribution in [0.2, 0.25) is 0 Å². The maximum absolute atomic E-state index is 11.3. The van der Waals surface area contributed by atoms with E-state index in [1.165, 1.54) is 24.0 Å². The SMILES string of the molecule is CN1CCN(Cc2ccc3c(c2)C2(CC3)CCC(C(=O)O)CC2)CC1. The van der Waals surface area contributed by atoms with Crippen molar-refractivity contribution in [2.45, 2.75) is 50.5 Å². The number of likely N-dealkylation sites (N-methyl/N-ethyl adjacent to an activating group) is 1. The van der Waals surface area contributed by atoms with Crippen LogP contribution in [0.3, 0.4) is 0 Å². The molecule has 0 unspecified atom stereocenters. The molecule has 4 heteroatoms. The van der Waals surface area contributed by atoms with E-state index in [9.17, 15) is 9.90 Å². The fraction of sp³-hybridized carbons (Fsp3) is 0.667. The average Bonchev–Trinajstić information content (AvgIpc) is 2.95. The van der Waals surface area contributed by atoms with Crippen LogP contribution in [0, 0.1) is 5.92 Å². The third-order valence-electron chi connectivity index (χ3n) is 6.91. The van der Waals surface area contributed by atoms with E-state index >= 15 is 0 Å². The summed E-state index contributed by atoms with van der Waals surface area (Å²) in [5, 5.41) is 9.30. The van der Waals surface area contributed by atoms with Crippen LogP contribution in [0.1, 0.15) is 48.8 Å². The predicted octanol–water partition coefficient (Wildman–Crippen LogP) is 2.89. The minimum atomic E-state index is -0.600. The van der Waals surface area contributed by atoms with Gasteiger partial charge >= 0.3 is 5.97 Å². The van der Waals surface area contributed by atoms with E-state index in [0.717, 1.165) is 58.4 Å². The highest BCUT2D eigenvalue weighted by atomic mass is 16.4. The first-order valence-corrected chi connectivity index (χ1v) is 9.82. The van der Waals surface area contributed by atoms with Crippen molar-refractivity contribution in [1.29, 1.82) is 0 Å². The Labute approximate surface area is 150 Å². The normalized spacial score (nSPS) is 30.5. The molecule has 0 aromatic heterocycles. The fourth-order valence-electron chi connectivity index (χ4n) is 5.14. The minimum absolute atomic E-state index is 0.122. The van der Waals surface area contributed by atoms with Gasteiger partial charge in [-0.05, 0) is 67.7 Å². The van der Waals surface area contributed by atoms with Crippen molar-refractivity contribution in [3.8, 4) is 0 Å². The van der Waals surface area contributed by atoms with E-state index in [0.29, 0.717) is 0 Å². The van der Waals surface area contributed by atoms with Gasteiger partial charge in [0, 0.05) is 32.7 Å². The summed E-state index contributed by atoms with van der Waals surface area (Å²) in [4.78, 5) is 16.3. The average molecular weight is 342 g/mol. The second-order valence-electron chi connectivity index (χ2n) is 8.46. The van der Waals surface area contributed by atoms with Crippen molar-refractivity contribution in [3.05, 3.63) is 34.9 Å². The lowest BCUT2D eigenvalue weighted by Crippen LogP contribution is -2.43. The van der Waals surface area contributed by atoms with E-state index in [2.05, 4.69) is 35.0 Å². The molecule has 1 aromatic carbocycles. The smallest absolute Gasteiger partial charge is 0.306 e. The molecule has 25 heavy (non-hydrogen) atoms. The van der Waals surface area contributed by atoms with Crippen LogP contribution in [0.15, 0.2) is 18.2 Å². The Bertz CT molecular complexity index is 641. The highest BCUT2D eigenvalue weighted by molar-refractivity contribution is 5.70. The summed E-state index contributed by atoms with van der Waals surface area (Å²) in [6.07, 6.45) is 6.17. The second kappa shape index (κ2) is 6.73. The second-order valence-corrected chi connectivity index (χ2v) is 8.46. The van der Waals surface area contributed by atoms with Gasteiger partial charge in [0.15, 0.2) is 0 Å². The standard InChI is InChI=1S/C21H30N2O2/c1-22-10-12-23(13-11-22)15-16-2-3-17-4-7-21(19(17)14-16)8-5-18(6-9-21)20(24)25/h2-3,14,18H,4-13,15H2,1H3,(H,24,25). The molecule has 1 saturated heterocycles. The molecule has 136 valence electrons. The van der Waals surface area contributed by atoms with Crippen LogP contribution < -0.4 is 0 Å².